The van der Waals surface area contributed by atoms with Crippen LogP contribution in [0.2, 0.25) is 0 Å². The van der Waals surface area contributed by atoms with Crippen LogP contribution in [0.3, 0.4) is 0 Å². The second-order valence-corrected chi connectivity index (χ2v) is 7.39. The SMILES string of the molecule is CC[C@@H](NC(=O)CN1CCN(c2nccs2)CC1)c1ccc(C)cc1. The van der Waals surface area contributed by atoms with E-state index in [-0.39, 0.29) is 11.9 Å². The highest BCUT2D eigenvalue weighted by molar-refractivity contribution is 7.13. The lowest BCUT2D eigenvalue weighted by Crippen LogP contribution is -2.49. The van der Waals surface area contributed by atoms with E-state index in [2.05, 4.69) is 58.2 Å². The molecule has 1 fully saturated rings. The zero-order valence-electron chi connectivity index (χ0n) is 14.9. The third kappa shape index (κ3) is 4.80. The third-order valence-corrected chi connectivity index (χ3v) is 5.48. The van der Waals surface area contributed by atoms with Crippen molar-refractivity contribution >= 4 is 22.4 Å². The number of nitrogens with zero attached hydrogens (tertiary/aromatic N) is 3. The van der Waals surface area contributed by atoms with Crippen molar-refractivity contribution in [3.63, 3.8) is 0 Å². The average molecular weight is 359 g/mol. The molecule has 0 bridgehead atoms. The fourth-order valence-electron chi connectivity index (χ4n) is 3.13. The summed E-state index contributed by atoms with van der Waals surface area (Å²) in [4.78, 5) is 21.3. The summed E-state index contributed by atoms with van der Waals surface area (Å²) in [6, 6.07) is 8.50. The van der Waals surface area contributed by atoms with Crippen molar-refractivity contribution in [1.29, 1.82) is 0 Å². The average Bonchev–Trinajstić information content (AvgIpc) is 3.16. The number of amides is 1. The van der Waals surface area contributed by atoms with Crippen LogP contribution in [0.5, 0.6) is 0 Å². The van der Waals surface area contributed by atoms with Crippen molar-refractivity contribution in [3.05, 3.63) is 47.0 Å². The second kappa shape index (κ2) is 8.45. The van der Waals surface area contributed by atoms with E-state index in [0.717, 1.165) is 37.7 Å². The van der Waals surface area contributed by atoms with Crippen LogP contribution in [0.15, 0.2) is 35.8 Å². The molecule has 1 aromatic heterocycles. The molecular formula is C19H26N4OS. The molecule has 1 amide bonds. The zero-order valence-corrected chi connectivity index (χ0v) is 15.8. The van der Waals surface area contributed by atoms with Crippen molar-refractivity contribution in [3.8, 4) is 0 Å². The summed E-state index contributed by atoms with van der Waals surface area (Å²) >= 11 is 1.67. The van der Waals surface area contributed by atoms with Gasteiger partial charge in [-0.05, 0) is 18.9 Å². The minimum atomic E-state index is 0.0877. The van der Waals surface area contributed by atoms with Crippen LogP contribution >= 0.6 is 11.3 Å². The molecule has 0 unspecified atom stereocenters. The van der Waals surface area contributed by atoms with Gasteiger partial charge in [-0.25, -0.2) is 4.98 Å². The fraction of sp³-hybridized carbons (Fsp3) is 0.474. The molecule has 0 saturated carbocycles. The smallest absolute Gasteiger partial charge is 0.234 e. The highest BCUT2D eigenvalue weighted by atomic mass is 32.1. The molecule has 25 heavy (non-hydrogen) atoms. The number of carbonyl (C=O) groups excluding carboxylic acids is 1. The first-order chi connectivity index (χ1) is 12.2. The van der Waals surface area contributed by atoms with Crippen molar-refractivity contribution in [2.75, 3.05) is 37.6 Å². The molecule has 1 aliphatic rings. The molecule has 5 nitrogen and oxygen atoms in total. The second-order valence-electron chi connectivity index (χ2n) is 6.52. The molecule has 2 aromatic rings. The Morgan fingerprint density at radius 1 is 1.24 bits per heavy atom. The number of anilines is 1. The van der Waals surface area contributed by atoms with Crippen LogP contribution < -0.4 is 10.2 Å². The van der Waals surface area contributed by atoms with Gasteiger partial charge in [0.1, 0.15) is 0 Å². The van der Waals surface area contributed by atoms with Crippen LogP contribution in [0.4, 0.5) is 5.13 Å². The fourth-order valence-corrected chi connectivity index (χ4v) is 3.83. The largest absolute Gasteiger partial charge is 0.348 e. The van der Waals surface area contributed by atoms with Gasteiger partial charge in [-0.1, -0.05) is 36.8 Å². The number of aromatic nitrogens is 1. The van der Waals surface area contributed by atoms with E-state index in [1.165, 1.54) is 11.1 Å². The van der Waals surface area contributed by atoms with Gasteiger partial charge in [0.15, 0.2) is 5.13 Å². The highest BCUT2D eigenvalue weighted by Gasteiger charge is 2.21. The van der Waals surface area contributed by atoms with E-state index in [9.17, 15) is 4.79 Å². The van der Waals surface area contributed by atoms with E-state index >= 15 is 0 Å². The number of nitrogens with one attached hydrogen (secondary N) is 1. The van der Waals surface area contributed by atoms with E-state index in [4.69, 9.17) is 0 Å². The number of carbonyl (C=O) groups is 1. The molecule has 0 radical (unpaired) electrons. The Bertz CT molecular complexity index is 663. The summed E-state index contributed by atoms with van der Waals surface area (Å²) in [6.07, 6.45) is 2.74. The van der Waals surface area contributed by atoms with E-state index < -0.39 is 0 Å². The lowest BCUT2D eigenvalue weighted by Gasteiger charge is -2.34. The summed E-state index contributed by atoms with van der Waals surface area (Å²) in [5, 5.41) is 6.27. The van der Waals surface area contributed by atoms with Crippen molar-refractivity contribution < 1.29 is 4.79 Å². The maximum atomic E-state index is 12.5. The minimum absolute atomic E-state index is 0.0877. The van der Waals surface area contributed by atoms with Crippen molar-refractivity contribution in [1.82, 2.24) is 15.2 Å². The Balaban J connectivity index is 1.48. The van der Waals surface area contributed by atoms with Gasteiger partial charge in [0.25, 0.3) is 0 Å². The first kappa shape index (κ1) is 17.9. The monoisotopic (exact) mass is 358 g/mol. The lowest BCUT2D eigenvalue weighted by atomic mass is 10.0. The Kier molecular flexibility index (Phi) is 6.04. The Hall–Kier alpha value is -1.92. The van der Waals surface area contributed by atoms with Crippen LogP contribution in [0, 0.1) is 6.92 Å². The normalized spacial score (nSPS) is 16.6. The molecule has 134 valence electrons. The van der Waals surface area contributed by atoms with Gasteiger partial charge in [0.05, 0.1) is 12.6 Å². The molecular weight excluding hydrogens is 332 g/mol. The molecule has 0 spiro atoms. The summed E-state index contributed by atoms with van der Waals surface area (Å²) in [6.45, 7) is 8.30. The number of aryl methyl sites for hydroxylation is 1. The Morgan fingerprint density at radius 3 is 2.56 bits per heavy atom. The number of thiazole rings is 1. The van der Waals surface area contributed by atoms with E-state index in [0.29, 0.717) is 6.54 Å². The van der Waals surface area contributed by atoms with Crippen LogP contribution in [-0.4, -0.2) is 48.5 Å². The molecule has 1 saturated heterocycles. The van der Waals surface area contributed by atoms with E-state index in [1.54, 1.807) is 11.3 Å². The molecule has 1 aliphatic heterocycles. The lowest BCUT2D eigenvalue weighted by molar-refractivity contribution is -0.123. The Labute approximate surface area is 153 Å². The van der Waals surface area contributed by atoms with Crippen LogP contribution in [0.1, 0.15) is 30.5 Å². The van der Waals surface area contributed by atoms with Crippen LogP contribution in [-0.2, 0) is 4.79 Å². The minimum Gasteiger partial charge on any atom is -0.348 e. The summed E-state index contributed by atoms with van der Waals surface area (Å²) in [5.74, 6) is 0.107. The van der Waals surface area contributed by atoms with Gasteiger partial charge < -0.3 is 10.2 Å². The number of hydrogen-bond acceptors (Lipinski definition) is 5. The standard InChI is InChI=1S/C19H26N4OS/c1-3-17(16-6-4-15(2)5-7-16)21-18(24)14-22-9-11-23(12-10-22)19-20-8-13-25-19/h4-8,13,17H,3,9-12,14H2,1-2H3,(H,21,24)/t17-/m1/s1. The van der Waals surface area contributed by atoms with Gasteiger partial charge in [-0.3, -0.25) is 9.69 Å². The summed E-state index contributed by atoms with van der Waals surface area (Å²) in [7, 11) is 0. The molecule has 1 atom stereocenters. The van der Waals surface area contributed by atoms with Gasteiger partial charge >= 0.3 is 0 Å². The molecule has 6 heteroatoms. The maximum Gasteiger partial charge on any atom is 0.234 e. The Morgan fingerprint density at radius 2 is 1.96 bits per heavy atom. The first-order valence-electron chi connectivity index (χ1n) is 8.88. The number of rotatable bonds is 6. The first-order valence-corrected chi connectivity index (χ1v) is 9.76. The number of benzene rings is 1. The van der Waals surface area contributed by atoms with Crippen molar-refractivity contribution in [2.45, 2.75) is 26.3 Å². The summed E-state index contributed by atoms with van der Waals surface area (Å²) in [5.41, 5.74) is 2.41. The van der Waals surface area contributed by atoms with Gasteiger partial charge in [0, 0.05) is 37.8 Å². The molecule has 1 N–H and O–H groups in total. The van der Waals surface area contributed by atoms with Gasteiger partial charge in [-0.15, -0.1) is 11.3 Å². The van der Waals surface area contributed by atoms with E-state index in [1.807, 2.05) is 11.6 Å². The van der Waals surface area contributed by atoms with Gasteiger partial charge in [0.2, 0.25) is 5.91 Å². The molecule has 1 aromatic carbocycles. The predicted octanol–water partition coefficient (Wildman–Crippen LogP) is 2.84. The third-order valence-electron chi connectivity index (χ3n) is 4.65. The summed E-state index contributed by atoms with van der Waals surface area (Å²) < 4.78 is 0. The highest BCUT2D eigenvalue weighted by Crippen LogP contribution is 2.19. The zero-order chi connectivity index (χ0) is 17.6. The number of piperazine rings is 1. The predicted molar refractivity (Wildman–Crippen MR) is 103 cm³/mol. The number of hydrogen-bond donors (Lipinski definition) is 1. The maximum absolute atomic E-state index is 12.5. The topological polar surface area (TPSA) is 48.5 Å². The molecule has 0 aliphatic carbocycles. The molecule has 3 rings (SSSR count). The van der Waals surface area contributed by atoms with Crippen molar-refractivity contribution in [2.24, 2.45) is 0 Å². The van der Waals surface area contributed by atoms with Gasteiger partial charge in [-0.2, -0.15) is 0 Å². The molecule has 2 heterocycles. The van der Waals surface area contributed by atoms with Crippen LogP contribution in [0.25, 0.3) is 0 Å². The quantitative estimate of drug-likeness (QED) is 0.863.